The highest BCUT2D eigenvalue weighted by molar-refractivity contribution is 7.92. The number of sulfone groups is 1. The van der Waals surface area contributed by atoms with Gasteiger partial charge >= 0.3 is 0 Å². The molecule has 9 nitrogen and oxygen atoms in total. The Morgan fingerprint density at radius 3 is 2.48 bits per heavy atom. The number of carbonyl (C=O) groups excluding carboxylic acids is 1. The molecule has 1 N–H and O–H groups in total. The van der Waals surface area contributed by atoms with Crippen LogP contribution in [0.2, 0.25) is 0 Å². The van der Waals surface area contributed by atoms with Gasteiger partial charge in [-0.3, -0.25) is 9.69 Å². The van der Waals surface area contributed by atoms with Gasteiger partial charge in [0.2, 0.25) is 5.91 Å². The van der Waals surface area contributed by atoms with Crippen LogP contribution in [0.25, 0.3) is 0 Å². The second-order valence-corrected chi connectivity index (χ2v) is 10.6. The van der Waals surface area contributed by atoms with Crippen molar-refractivity contribution >= 4 is 21.7 Å². The monoisotopic (exact) mass is 403 g/mol. The number of ether oxygens (including phenoxy) is 1. The summed E-state index contributed by atoms with van der Waals surface area (Å²) in [6.45, 7) is 9.09. The summed E-state index contributed by atoms with van der Waals surface area (Å²) in [5.74, 6) is 0.596. The Bertz CT molecular complexity index is 642. The number of rotatable bonds is 5. The minimum absolute atomic E-state index is 0.0383. The van der Waals surface area contributed by atoms with Gasteiger partial charge in [0.15, 0.2) is 15.8 Å². The molecule has 0 spiro atoms. The van der Waals surface area contributed by atoms with Gasteiger partial charge in [0.25, 0.3) is 0 Å². The molecule has 0 aromatic carbocycles. The van der Waals surface area contributed by atoms with Crippen LogP contribution in [0, 0.1) is 0 Å². The lowest BCUT2D eigenvalue weighted by atomic mass is 10.2. The van der Waals surface area contributed by atoms with E-state index in [1.54, 1.807) is 27.9 Å². The molecular weight excluding hydrogens is 370 g/mol. The van der Waals surface area contributed by atoms with E-state index in [1.807, 2.05) is 4.90 Å². The molecular formula is C17H33N5O4S. The Morgan fingerprint density at radius 2 is 1.89 bits per heavy atom. The maximum Gasteiger partial charge on any atom is 0.243 e. The normalized spacial score (nSPS) is 23.1. The van der Waals surface area contributed by atoms with E-state index >= 15 is 0 Å². The number of hydrogen-bond acceptors (Lipinski definition) is 6. The zero-order valence-electron chi connectivity index (χ0n) is 16.9. The minimum Gasteiger partial charge on any atom is -0.379 e. The first-order chi connectivity index (χ1) is 12.6. The van der Waals surface area contributed by atoms with E-state index in [2.05, 4.69) is 15.2 Å². The van der Waals surface area contributed by atoms with Gasteiger partial charge in [0, 0.05) is 53.4 Å². The summed E-state index contributed by atoms with van der Waals surface area (Å²) in [6, 6.07) is 0. The second-order valence-electron chi connectivity index (χ2n) is 7.81. The van der Waals surface area contributed by atoms with Crippen LogP contribution in [0.1, 0.15) is 13.8 Å². The summed E-state index contributed by atoms with van der Waals surface area (Å²) in [6.07, 6.45) is 0. The topological polar surface area (TPSA) is 94.6 Å². The lowest BCUT2D eigenvalue weighted by Gasteiger charge is -2.39. The van der Waals surface area contributed by atoms with E-state index in [0.717, 1.165) is 32.8 Å². The van der Waals surface area contributed by atoms with E-state index < -0.39 is 14.6 Å². The number of aliphatic imine (C=N–C) groups is 1. The summed E-state index contributed by atoms with van der Waals surface area (Å²) >= 11 is 0. The van der Waals surface area contributed by atoms with Crippen molar-refractivity contribution in [3.05, 3.63) is 0 Å². The van der Waals surface area contributed by atoms with Gasteiger partial charge in [0.05, 0.1) is 23.7 Å². The van der Waals surface area contributed by atoms with Crippen LogP contribution in [0.4, 0.5) is 0 Å². The second kappa shape index (κ2) is 9.20. The predicted octanol–water partition coefficient (Wildman–Crippen LogP) is -1.14. The fourth-order valence-corrected chi connectivity index (χ4v) is 4.39. The zero-order chi connectivity index (χ0) is 20.1. The predicted molar refractivity (Wildman–Crippen MR) is 106 cm³/mol. The Hall–Kier alpha value is -1.39. The van der Waals surface area contributed by atoms with Crippen molar-refractivity contribution < 1.29 is 17.9 Å². The van der Waals surface area contributed by atoms with Crippen LogP contribution in [0.5, 0.6) is 0 Å². The third kappa shape index (κ3) is 6.05. The summed E-state index contributed by atoms with van der Waals surface area (Å²) in [5.41, 5.74) is 0. The third-order valence-corrected chi connectivity index (χ3v) is 7.55. The molecule has 0 unspecified atom stereocenters. The molecule has 2 saturated heterocycles. The first-order valence-corrected chi connectivity index (χ1v) is 11.0. The molecule has 0 atom stereocenters. The Balaban J connectivity index is 2.02. The van der Waals surface area contributed by atoms with Gasteiger partial charge in [-0.25, -0.2) is 13.4 Å². The number of carbonyl (C=O) groups is 1. The molecule has 2 heterocycles. The average Bonchev–Trinajstić information content (AvgIpc) is 2.61. The molecule has 0 radical (unpaired) electrons. The number of nitrogens with zero attached hydrogens (tertiary/aromatic N) is 4. The maximum atomic E-state index is 12.3. The quantitative estimate of drug-likeness (QED) is 0.458. The van der Waals surface area contributed by atoms with Gasteiger partial charge in [0.1, 0.15) is 6.54 Å². The Kier molecular flexibility index (Phi) is 7.47. The molecule has 2 aliphatic rings. The Labute approximate surface area is 162 Å². The SMILES string of the molecule is CN(C)C(=O)CN=C(NCCN1CCOCC1)N1CCS(=O)(=O)C(C)(C)C1. The summed E-state index contributed by atoms with van der Waals surface area (Å²) < 4.78 is 29.1. The molecule has 0 bridgehead atoms. The van der Waals surface area contributed by atoms with Crippen molar-refractivity contribution in [3.63, 3.8) is 0 Å². The van der Waals surface area contributed by atoms with Gasteiger partial charge in [-0.05, 0) is 13.8 Å². The highest BCUT2D eigenvalue weighted by Crippen LogP contribution is 2.23. The van der Waals surface area contributed by atoms with E-state index in [1.165, 1.54) is 4.90 Å². The van der Waals surface area contributed by atoms with Crippen molar-refractivity contribution in [1.82, 2.24) is 20.0 Å². The van der Waals surface area contributed by atoms with Crippen molar-refractivity contribution in [2.45, 2.75) is 18.6 Å². The highest BCUT2D eigenvalue weighted by Gasteiger charge is 2.41. The number of nitrogens with one attached hydrogen (secondary N) is 1. The molecule has 0 aliphatic carbocycles. The molecule has 1 amide bonds. The standard InChI is InChI=1S/C17H33N5O4S/c1-17(2)14-22(9-12-27(17,24)25)16(19-13-15(23)20(3)4)18-5-6-21-7-10-26-11-8-21/h5-14H2,1-4H3,(H,18,19). The third-order valence-electron chi connectivity index (χ3n) is 5.02. The molecule has 2 aliphatic heterocycles. The lowest BCUT2D eigenvalue weighted by Crippen LogP contribution is -2.58. The van der Waals surface area contributed by atoms with Gasteiger partial charge in [-0.15, -0.1) is 0 Å². The molecule has 10 heteroatoms. The molecule has 0 aromatic heterocycles. The largest absolute Gasteiger partial charge is 0.379 e. The fraction of sp³-hybridized carbons (Fsp3) is 0.882. The summed E-state index contributed by atoms with van der Waals surface area (Å²) in [7, 11) is 0.257. The molecule has 2 rings (SSSR count). The van der Waals surface area contributed by atoms with Crippen molar-refractivity contribution in [1.29, 1.82) is 0 Å². The number of morpholine rings is 1. The lowest BCUT2D eigenvalue weighted by molar-refractivity contribution is -0.127. The number of amides is 1. The smallest absolute Gasteiger partial charge is 0.243 e. The number of hydrogen-bond donors (Lipinski definition) is 1. The van der Waals surface area contributed by atoms with Gasteiger partial charge in [-0.1, -0.05) is 0 Å². The van der Waals surface area contributed by atoms with Gasteiger partial charge < -0.3 is 19.9 Å². The van der Waals surface area contributed by atoms with Crippen LogP contribution < -0.4 is 5.32 Å². The Morgan fingerprint density at radius 1 is 1.22 bits per heavy atom. The van der Waals surface area contributed by atoms with Crippen molar-refractivity contribution in [2.75, 3.05) is 78.9 Å². The minimum atomic E-state index is -3.13. The van der Waals surface area contributed by atoms with E-state index in [0.29, 0.717) is 25.6 Å². The molecule has 2 fully saturated rings. The number of likely N-dealkylation sites (N-methyl/N-ethyl adjacent to an activating group) is 1. The highest BCUT2D eigenvalue weighted by atomic mass is 32.2. The first-order valence-electron chi connectivity index (χ1n) is 9.38. The van der Waals surface area contributed by atoms with Crippen LogP contribution in [0.3, 0.4) is 0 Å². The summed E-state index contributed by atoms with van der Waals surface area (Å²) in [4.78, 5) is 22.2. The molecule has 0 saturated carbocycles. The van der Waals surface area contributed by atoms with Crippen LogP contribution >= 0.6 is 0 Å². The van der Waals surface area contributed by atoms with Crippen molar-refractivity contribution in [3.8, 4) is 0 Å². The van der Waals surface area contributed by atoms with E-state index in [-0.39, 0.29) is 18.2 Å². The number of guanidine groups is 1. The van der Waals surface area contributed by atoms with E-state index in [4.69, 9.17) is 4.74 Å². The fourth-order valence-electron chi connectivity index (χ4n) is 3.03. The first kappa shape index (κ1) is 21.9. The maximum absolute atomic E-state index is 12.3. The van der Waals surface area contributed by atoms with Gasteiger partial charge in [-0.2, -0.15) is 0 Å². The molecule has 27 heavy (non-hydrogen) atoms. The van der Waals surface area contributed by atoms with Crippen LogP contribution in [-0.4, -0.2) is 119 Å². The molecule has 0 aromatic rings. The van der Waals surface area contributed by atoms with E-state index in [9.17, 15) is 13.2 Å². The van der Waals surface area contributed by atoms with Crippen LogP contribution in [-0.2, 0) is 19.4 Å². The summed E-state index contributed by atoms with van der Waals surface area (Å²) in [5, 5.41) is 3.32. The zero-order valence-corrected chi connectivity index (χ0v) is 17.7. The van der Waals surface area contributed by atoms with Crippen molar-refractivity contribution in [2.24, 2.45) is 4.99 Å². The van der Waals surface area contributed by atoms with Crippen LogP contribution in [0.15, 0.2) is 4.99 Å². The molecule has 156 valence electrons. The average molecular weight is 404 g/mol.